The quantitative estimate of drug-likeness (QED) is 0.346. The molecule has 0 unspecified atom stereocenters. The van der Waals surface area contributed by atoms with Crippen molar-refractivity contribution >= 4 is 5.97 Å². The van der Waals surface area contributed by atoms with Gasteiger partial charge in [-0.1, -0.05) is 0 Å². The summed E-state index contributed by atoms with van der Waals surface area (Å²) in [6, 6.07) is 0. The highest BCUT2D eigenvalue weighted by Crippen LogP contribution is 2.06. The van der Waals surface area contributed by atoms with Crippen molar-refractivity contribution in [3.8, 4) is 0 Å². The van der Waals surface area contributed by atoms with Crippen LogP contribution in [0.25, 0.3) is 0 Å². The molecule has 0 aliphatic carbocycles. The van der Waals surface area contributed by atoms with Gasteiger partial charge in [-0.3, -0.25) is 0 Å². The van der Waals surface area contributed by atoms with E-state index in [1.54, 1.807) is 0 Å². The van der Waals surface area contributed by atoms with E-state index in [0.29, 0.717) is 46.2 Å². The van der Waals surface area contributed by atoms with Crippen LogP contribution in [0, 0.1) is 0 Å². The van der Waals surface area contributed by atoms with Crippen LogP contribution >= 0.6 is 0 Å². The first-order chi connectivity index (χ1) is 10.8. The van der Waals surface area contributed by atoms with Gasteiger partial charge in [0.2, 0.25) is 0 Å². The summed E-state index contributed by atoms with van der Waals surface area (Å²) in [4.78, 5) is 13.4. The summed E-state index contributed by atoms with van der Waals surface area (Å²) in [6.07, 6.45) is 0. The van der Waals surface area contributed by atoms with Crippen molar-refractivity contribution in [1.82, 2.24) is 4.90 Å². The zero-order valence-electron chi connectivity index (χ0n) is 15.3. The van der Waals surface area contributed by atoms with Crippen LogP contribution in [-0.4, -0.2) is 90.0 Å². The van der Waals surface area contributed by atoms with E-state index in [1.165, 1.54) is 0 Å². The Kier molecular flexibility index (Phi) is 13.3. The summed E-state index contributed by atoms with van der Waals surface area (Å²) in [7, 11) is 4.02. The molecule has 7 heteroatoms. The van der Waals surface area contributed by atoms with Crippen molar-refractivity contribution in [3.05, 3.63) is 0 Å². The number of hydrogen-bond acceptors (Lipinski definition) is 7. The second-order valence-electron chi connectivity index (χ2n) is 6.28. The summed E-state index contributed by atoms with van der Waals surface area (Å²) < 4.78 is 26.4. The van der Waals surface area contributed by atoms with Crippen molar-refractivity contribution < 1.29 is 28.5 Å². The van der Waals surface area contributed by atoms with E-state index in [0.717, 1.165) is 6.54 Å². The molecule has 23 heavy (non-hydrogen) atoms. The largest absolute Gasteiger partial charge is 0.458 e. The molecular formula is C16H33NO6. The van der Waals surface area contributed by atoms with Gasteiger partial charge in [0.25, 0.3) is 0 Å². The fourth-order valence-corrected chi connectivity index (χ4v) is 1.43. The molecule has 0 heterocycles. The molecule has 0 aliphatic rings. The SMILES string of the molecule is CN(C)CCOCCOCCOCCOCC(=O)OC(C)(C)C. The van der Waals surface area contributed by atoms with Crippen molar-refractivity contribution in [2.75, 3.05) is 73.5 Å². The van der Waals surface area contributed by atoms with Gasteiger partial charge in [-0.25, -0.2) is 4.79 Å². The first kappa shape index (κ1) is 22.3. The number of hydrogen-bond donors (Lipinski definition) is 0. The molecule has 0 aromatic rings. The van der Waals surface area contributed by atoms with E-state index in [4.69, 9.17) is 23.7 Å². The number of carbonyl (C=O) groups is 1. The van der Waals surface area contributed by atoms with Gasteiger partial charge in [-0.15, -0.1) is 0 Å². The topological polar surface area (TPSA) is 66.5 Å². The fourth-order valence-electron chi connectivity index (χ4n) is 1.43. The van der Waals surface area contributed by atoms with Gasteiger partial charge >= 0.3 is 5.97 Å². The summed E-state index contributed by atoms with van der Waals surface area (Å²) in [6.45, 7) is 9.97. The second-order valence-corrected chi connectivity index (χ2v) is 6.28. The molecule has 0 rings (SSSR count). The minimum atomic E-state index is -0.482. The Hall–Kier alpha value is -0.730. The van der Waals surface area contributed by atoms with Gasteiger partial charge in [0.1, 0.15) is 12.2 Å². The molecule has 0 aromatic heterocycles. The molecule has 7 nitrogen and oxygen atoms in total. The van der Waals surface area contributed by atoms with Crippen molar-refractivity contribution in [1.29, 1.82) is 0 Å². The third-order valence-electron chi connectivity index (χ3n) is 2.44. The van der Waals surface area contributed by atoms with Crippen molar-refractivity contribution in [2.24, 2.45) is 0 Å². The highest BCUT2D eigenvalue weighted by molar-refractivity contribution is 5.71. The van der Waals surface area contributed by atoms with Gasteiger partial charge in [0.15, 0.2) is 0 Å². The third kappa shape index (κ3) is 19.2. The van der Waals surface area contributed by atoms with E-state index < -0.39 is 5.60 Å². The van der Waals surface area contributed by atoms with Crippen LogP contribution in [0.1, 0.15) is 20.8 Å². The lowest BCUT2D eigenvalue weighted by molar-refractivity contribution is -0.160. The van der Waals surface area contributed by atoms with Crippen LogP contribution in [0.3, 0.4) is 0 Å². The van der Waals surface area contributed by atoms with E-state index in [1.807, 2.05) is 34.9 Å². The fraction of sp³-hybridized carbons (Fsp3) is 0.938. The molecule has 0 amide bonds. The normalized spacial score (nSPS) is 11.9. The Balaban J connectivity index is 3.18. The zero-order chi connectivity index (χ0) is 17.6. The van der Waals surface area contributed by atoms with Crippen molar-refractivity contribution in [2.45, 2.75) is 26.4 Å². The number of rotatable bonds is 14. The molecule has 0 fully saturated rings. The maximum atomic E-state index is 11.4. The van der Waals surface area contributed by atoms with E-state index in [2.05, 4.69) is 4.90 Å². The van der Waals surface area contributed by atoms with Crippen LogP contribution in [0.15, 0.2) is 0 Å². The predicted octanol–water partition coefficient (Wildman–Crippen LogP) is 0.956. The standard InChI is InChI=1S/C16H33NO6/c1-16(2,3)23-15(18)14-22-13-12-21-11-10-20-9-8-19-7-6-17(4)5/h6-14H2,1-5H3. The third-order valence-corrected chi connectivity index (χ3v) is 2.44. The molecule has 0 aliphatic heterocycles. The molecule has 138 valence electrons. The van der Waals surface area contributed by atoms with E-state index in [9.17, 15) is 4.79 Å². The molecule has 0 atom stereocenters. The molecule has 0 saturated heterocycles. The molecular weight excluding hydrogens is 302 g/mol. The van der Waals surface area contributed by atoms with E-state index in [-0.39, 0.29) is 12.6 Å². The number of esters is 1. The molecule has 0 aromatic carbocycles. The monoisotopic (exact) mass is 335 g/mol. The summed E-state index contributed by atoms with van der Waals surface area (Å²) in [5.74, 6) is -0.366. The van der Waals surface area contributed by atoms with Crippen LogP contribution in [0.4, 0.5) is 0 Å². The predicted molar refractivity (Wildman–Crippen MR) is 87.7 cm³/mol. The Morgan fingerprint density at radius 3 is 1.65 bits per heavy atom. The Morgan fingerprint density at radius 1 is 0.783 bits per heavy atom. The number of likely N-dealkylation sites (N-methyl/N-ethyl adjacent to an activating group) is 1. The molecule has 0 bridgehead atoms. The maximum absolute atomic E-state index is 11.4. The lowest BCUT2D eigenvalue weighted by Crippen LogP contribution is -2.27. The average Bonchev–Trinajstić information content (AvgIpc) is 2.41. The number of carbonyl (C=O) groups excluding carboxylic acids is 1. The highest BCUT2D eigenvalue weighted by atomic mass is 16.6. The van der Waals surface area contributed by atoms with Gasteiger partial charge in [-0.2, -0.15) is 0 Å². The summed E-state index contributed by atoms with van der Waals surface area (Å²) >= 11 is 0. The molecule has 0 saturated carbocycles. The molecule has 0 N–H and O–H groups in total. The van der Waals surface area contributed by atoms with Gasteiger partial charge in [0.05, 0.1) is 46.2 Å². The molecule has 0 radical (unpaired) electrons. The minimum Gasteiger partial charge on any atom is -0.458 e. The minimum absolute atomic E-state index is 0.0541. The number of ether oxygens (including phenoxy) is 5. The van der Waals surface area contributed by atoms with Gasteiger partial charge in [-0.05, 0) is 34.9 Å². The van der Waals surface area contributed by atoms with Crippen molar-refractivity contribution in [3.63, 3.8) is 0 Å². The van der Waals surface area contributed by atoms with Crippen LogP contribution in [0.2, 0.25) is 0 Å². The maximum Gasteiger partial charge on any atom is 0.332 e. The van der Waals surface area contributed by atoms with E-state index >= 15 is 0 Å². The lowest BCUT2D eigenvalue weighted by atomic mass is 10.2. The lowest BCUT2D eigenvalue weighted by Gasteiger charge is -2.19. The zero-order valence-corrected chi connectivity index (χ0v) is 15.3. The summed E-state index contributed by atoms with van der Waals surface area (Å²) in [5.41, 5.74) is -0.482. The smallest absolute Gasteiger partial charge is 0.332 e. The second kappa shape index (κ2) is 13.7. The van der Waals surface area contributed by atoms with Gasteiger partial charge < -0.3 is 28.6 Å². The van der Waals surface area contributed by atoms with Gasteiger partial charge in [0, 0.05) is 6.54 Å². The summed E-state index contributed by atoms with van der Waals surface area (Å²) in [5, 5.41) is 0. The average molecular weight is 335 g/mol. The Morgan fingerprint density at radius 2 is 1.22 bits per heavy atom. The van der Waals surface area contributed by atoms with Crippen LogP contribution in [-0.2, 0) is 28.5 Å². The Bertz CT molecular complexity index is 291. The molecule has 0 spiro atoms. The van der Waals surface area contributed by atoms with Crippen LogP contribution in [0.5, 0.6) is 0 Å². The number of nitrogens with zero attached hydrogens (tertiary/aromatic N) is 1. The Labute approximate surface area is 140 Å². The highest BCUT2D eigenvalue weighted by Gasteiger charge is 2.15. The first-order valence-corrected chi connectivity index (χ1v) is 7.99. The van der Waals surface area contributed by atoms with Crippen LogP contribution < -0.4 is 0 Å². The first-order valence-electron chi connectivity index (χ1n) is 7.99.